The summed E-state index contributed by atoms with van der Waals surface area (Å²) in [6, 6.07) is 18.1. The Labute approximate surface area is 172 Å². The second-order valence-electron chi connectivity index (χ2n) is 8.02. The number of nitrogens with zero attached hydrogens (tertiary/aromatic N) is 3. The van der Waals surface area contributed by atoms with E-state index in [-0.39, 0.29) is 11.3 Å². The van der Waals surface area contributed by atoms with E-state index in [2.05, 4.69) is 42.1 Å². The van der Waals surface area contributed by atoms with Gasteiger partial charge in [0.2, 0.25) is 5.95 Å². The highest BCUT2D eigenvalue weighted by Gasteiger charge is 2.19. The van der Waals surface area contributed by atoms with Gasteiger partial charge in [0, 0.05) is 31.2 Å². The van der Waals surface area contributed by atoms with Crippen molar-refractivity contribution in [2.24, 2.45) is 0 Å². The normalized spacial score (nSPS) is 11.2. The molecule has 0 saturated carbocycles. The Kier molecular flexibility index (Phi) is 6.27. The first-order chi connectivity index (χ1) is 13.9. The number of carbonyl (C=O) groups is 1. The standard InChI is InChI=1S/C24H28N4O/c1-5-28(17-18-11-7-6-8-12-18)22(29)19-15-25-23(26-16-19)27-21-14-10-9-13-20(21)24(2,3)4/h6-16H,5,17H2,1-4H3,(H,25,26,27). The van der Waals surface area contributed by atoms with E-state index in [0.717, 1.165) is 11.3 Å². The zero-order chi connectivity index (χ0) is 20.9. The third-order valence-electron chi connectivity index (χ3n) is 4.77. The van der Waals surface area contributed by atoms with Crippen LogP contribution < -0.4 is 5.32 Å². The molecule has 1 aromatic heterocycles. The minimum Gasteiger partial charge on any atom is -0.335 e. The molecule has 3 aromatic rings. The van der Waals surface area contributed by atoms with E-state index < -0.39 is 0 Å². The van der Waals surface area contributed by atoms with Gasteiger partial charge in [-0.05, 0) is 29.5 Å². The van der Waals surface area contributed by atoms with Gasteiger partial charge in [0.05, 0.1) is 5.56 Å². The Bertz CT molecular complexity index is 947. The van der Waals surface area contributed by atoms with Crippen LogP contribution in [0, 0.1) is 0 Å². The van der Waals surface area contributed by atoms with E-state index in [0.29, 0.717) is 24.6 Å². The highest BCUT2D eigenvalue weighted by molar-refractivity contribution is 5.93. The third-order valence-corrected chi connectivity index (χ3v) is 4.77. The highest BCUT2D eigenvalue weighted by atomic mass is 16.2. The van der Waals surface area contributed by atoms with Crippen LogP contribution in [0.1, 0.15) is 49.2 Å². The smallest absolute Gasteiger partial charge is 0.257 e. The number of hydrogen-bond donors (Lipinski definition) is 1. The predicted octanol–water partition coefficient (Wildman–Crippen LogP) is 5.18. The molecule has 1 N–H and O–H groups in total. The molecule has 5 nitrogen and oxygen atoms in total. The Morgan fingerprint density at radius 2 is 1.59 bits per heavy atom. The Morgan fingerprint density at radius 3 is 2.21 bits per heavy atom. The van der Waals surface area contributed by atoms with Crippen LogP contribution in [0.4, 0.5) is 11.6 Å². The van der Waals surface area contributed by atoms with E-state index in [1.807, 2.05) is 55.5 Å². The quantitative estimate of drug-likeness (QED) is 0.632. The van der Waals surface area contributed by atoms with Gasteiger partial charge < -0.3 is 10.2 Å². The summed E-state index contributed by atoms with van der Waals surface area (Å²) in [5.74, 6) is 0.405. The number of rotatable bonds is 6. The molecule has 0 fully saturated rings. The molecule has 2 aromatic carbocycles. The first-order valence-corrected chi connectivity index (χ1v) is 9.90. The lowest BCUT2D eigenvalue weighted by Crippen LogP contribution is -2.30. The molecule has 1 heterocycles. The van der Waals surface area contributed by atoms with Gasteiger partial charge >= 0.3 is 0 Å². The first-order valence-electron chi connectivity index (χ1n) is 9.90. The minimum absolute atomic E-state index is 0.00142. The number of carbonyl (C=O) groups excluding carboxylic acids is 1. The third kappa shape index (κ3) is 5.19. The molecule has 29 heavy (non-hydrogen) atoms. The number of amides is 1. The van der Waals surface area contributed by atoms with Crippen LogP contribution in [0.2, 0.25) is 0 Å². The zero-order valence-electron chi connectivity index (χ0n) is 17.5. The van der Waals surface area contributed by atoms with Crippen LogP contribution in [-0.2, 0) is 12.0 Å². The van der Waals surface area contributed by atoms with E-state index in [4.69, 9.17) is 0 Å². The maximum atomic E-state index is 12.9. The van der Waals surface area contributed by atoms with Gasteiger partial charge in [-0.2, -0.15) is 0 Å². The monoisotopic (exact) mass is 388 g/mol. The predicted molar refractivity (Wildman–Crippen MR) is 117 cm³/mol. The van der Waals surface area contributed by atoms with Gasteiger partial charge in [0.15, 0.2) is 0 Å². The fourth-order valence-electron chi connectivity index (χ4n) is 3.18. The molecule has 0 aliphatic carbocycles. The summed E-state index contributed by atoms with van der Waals surface area (Å²) in [7, 11) is 0. The summed E-state index contributed by atoms with van der Waals surface area (Å²) in [5, 5.41) is 3.28. The van der Waals surface area contributed by atoms with Gasteiger partial charge in [-0.15, -0.1) is 0 Å². The molecule has 0 aliphatic rings. The summed E-state index contributed by atoms with van der Waals surface area (Å²) in [6.07, 6.45) is 3.18. The van der Waals surface area contributed by atoms with E-state index >= 15 is 0 Å². The Morgan fingerprint density at radius 1 is 0.966 bits per heavy atom. The fraction of sp³-hybridized carbons (Fsp3) is 0.292. The van der Waals surface area contributed by atoms with Crippen LogP contribution >= 0.6 is 0 Å². The summed E-state index contributed by atoms with van der Waals surface area (Å²) in [5.41, 5.74) is 3.73. The molecule has 0 spiro atoms. The molecule has 0 radical (unpaired) electrons. The van der Waals surface area contributed by atoms with Crippen molar-refractivity contribution in [2.75, 3.05) is 11.9 Å². The number of anilines is 2. The van der Waals surface area contributed by atoms with Crippen LogP contribution in [-0.4, -0.2) is 27.3 Å². The largest absolute Gasteiger partial charge is 0.335 e. The lowest BCUT2D eigenvalue weighted by Gasteiger charge is -2.23. The summed E-state index contributed by atoms with van der Waals surface area (Å²) < 4.78 is 0. The second kappa shape index (κ2) is 8.86. The molecule has 0 atom stereocenters. The number of hydrogen-bond acceptors (Lipinski definition) is 4. The van der Waals surface area contributed by atoms with Crippen LogP contribution in [0.5, 0.6) is 0 Å². The number of nitrogens with one attached hydrogen (secondary N) is 1. The van der Waals surface area contributed by atoms with Crippen molar-refractivity contribution in [2.45, 2.75) is 39.7 Å². The highest BCUT2D eigenvalue weighted by Crippen LogP contribution is 2.30. The Balaban J connectivity index is 1.74. The molecule has 3 rings (SSSR count). The maximum absolute atomic E-state index is 12.9. The molecule has 0 aliphatic heterocycles. The minimum atomic E-state index is -0.0713. The van der Waals surface area contributed by atoms with E-state index in [1.165, 1.54) is 5.56 Å². The molecular weight excluding hydrogens is 360 g/mol. The van der Waals surface area contributed by atoms with Crippen molar-refractivity contribution in [3.63, 3.8) is 0 Å². The van der Waals surface area contributed by atoms with Crippen molar-refractivity contribution in [1.29, 1.82) is 0 Å². The molecule has 0 unspecified atom stereocenters. The van der Waals surface area contributed by atoms with Gasteiger partial charge in [-0.25, -0.2) is 9.97 Å². The second-order valence-corrected chi connectivity index (χ2v) is 8.02. The zero-order valence-corrected chi connectivity index (χ0v) is 17.5. The molecular formula is C24H28N4O. The van der Waals surface area contributed by atoms with Crippen LogP contribution in [0.15, 0.2) is 67.0 Å². The summed E-state index contributed by atoms with van der Waals surface area (Å²) >= 11 is 0. The Hall–Kier alpha value is -3.21. The van der Waals surface area contributed by atoms with Crippen molar-refractivity contribution >= 4 is 17.5 Å². The lowest BCUT2D eigenvalue weighted by atomic mass is 9.86. The SMILES string of the molecule is CCN(Cc1ccccc1)C(=O)c1cnc(Nc2ccccc2C(C)(C)C)nc1. The molecule has 1 amide bonds. The van der Waals surface area contributed by atoms with Crippen molar-refractivity contribution in [3.8, 4) is 0 Å². The molecule has 150 valence electrons. The summed E-state index contributed by atoms with van der Waals surface area (Å²) in [4.78, 5) is 23.4. The van der Waals surface area contributed by atoms with Gasteiger partial charge in [-0.1, -0.05) is 69.3 Å². The van der Waals surface area contributed by atoms with Crippen LogP contribution in [0.25, 0.3) is 0 Å². The molecule has 5 heteroatoms. The van der Waals surface area contributed by atoms with Gasteiger partial charge in [0.1, 0.15) is 0 Å². The average Bonchev–Trinajstić information content (AvgIpc) is 2.72. The van der Waals surface area contributed by atoms with E-state index in [1.54, 1.807) is 17.3 Å². The number of benzene rings is 2. The van der Waals surface area contributed by atoms with Crippen LogP contribution in [0.3, 0.4) is 0 Å². The maximum Gasteiger partial charge on any atom is 0.257 e. The topological polar surface area (TPSA) is 58.1 Å². The van der Waals surface area contributed by atoms with Crippen molar-refractivity contribution in [3.05, 3.63) is 83.7 Å². The van der Waals surface area contributed by atoms with Gasteiger partial charge in [-0.3, -0.25) is 4.79 Å². The first kappa shape index (κ1) is 20.5. The molecule has 0 saturated heterocycles. The van der Waals surface area contributed by atoms with E-state index in [9.17, 15) is 4.79 Å². The molecule has 0 bridgehead atoms. The average molecular weight is 389 g/mol. The van der Waals surface area contributed by atoms with Crippen molar-refractivity contribution in [1.82, 2.24) is 14.9 Å². The number of aromatic nitrogens is 2. The van der Waals surface area contributed by atoms with Crippen molar-refractivity contribution < 1.29 is 4.79 Å². The fourth-order valence-corrected chi connectivity index (χ4v) is 3.18. The van der Waals surface area contributed by atoms with Gasteiger partial charge in [0.25, 0.3) is 5.91 Å². The lowest BCUT2D eigenvalue weighted by molar-refractivity contribution is 0.0751. The summed E-state index contributed by atoms with van der Waals surface area (Å²) in [6.45, 7) is 9.66. The number of para-hydroxylation sites is 1.